The average molecular weight is 741 g/mol. The van der Waals surface area contributed by atoms with Gasteiger partial charge in [0.15, 0.2) is 18.4 Å². The number of aliphatic hydroxyl groups excluding tert-OH is 7. The van der Waals surface area contributed by atoms with Crippen LogP contribution >= 0.6 is 0 Å². The van der Waals surface area contributed by atoms with Crippen molar-refractivity contribution in [1.29, 1.82) is 0 Å². The van der Waals surface area contributed by atoms with Crippen LogP contribution in [0.5, 0.6) is 0 Å². The molecule has 0 bridgehead atoms. The first-order chi connectivity index (χ1) is 24.7. The van der Waals surface area contributed by atoms with Crippen molar-refractivity contribution >= 4 is 0 Å². The molecule has 3 unspecified atom stereocenters. The van der Waals surface area contributed by atoms with E-state index in [-0.39, 0.29) is 23.0 Å². The maximum atomic E-state index is 11.1. The van der Waals surface area contributed by atoms with Gasteiger partial charge in [-0.1, -0.05) is 27.7 Å². The fourth-order valence-electron chi connectivity index (χ4n) is 13.2. The molecule has 8 aliphatic rings. The number of aliphatic hydroxyl groups is 7. The Hall–Kier alpha value is -0.520. The van der Waals surface area contributed by atoms with Crippen LogP contribution in [0.15, 0.2) is 0 Å². The Morgan fingerprint density at radius 3 is 2.06 bits per heavy atom. The molecular formula is C39H64O13. The molecular weight excluding hydrogens is 676 g/mol. The first-order valence-corrected chi connectivity index (χ1v) is 20.3. The summed E-state index contributed by atoms with van der Waals surface area (Å²) < 4.78 is 37.5. The zero-order valence-electron chi connectivity index (χ0n) is 31.2. The molecule has 4 aliphatic heterocycles. The Kier molecular flexibility index (Phi) is 10.4. The fraction of sp³-hybridized carbons (Fsp3) is 1.00. The third-order valence-electron chi connectivity index (χ3n) is 16.2. The van der Waals surface area contributed by atoms with Gasteiger partial charge in [-0.25, -0.2) is 0 Å². The Morgan fingerprint density at radius 1 is 0.673 bits per heavy atom. The normalized spacial score (nSPS) is 59.0. The summed E-state index contributed by atoms with van der Waals surface area (Å²) in [6.45, 7) is 9.33. The SMILES string of the molecule is C[C@H]1CC[C@@]2(OC1)O[C@H]1C[C@H]3[C@@H]4CC[C@@H]5C[C@@H](O[C@@H]6O[C@H](CO)[C@H](O)[C@H](O)[C@H]6O[C@@H]6O[C@H](CO)C(O)C(O)C6O)CC[C@]5(C)[C@H]4CC[C@]3(C)[C@H]1[C@@H]2C. The van der Waals surface area contributed by atoms with Crippen LogP contribution in [0.2, 0.25) is 0 Å². The summed E-state index contributed by atoms with van der Waals surface area (Å²) in [6, 6.07) is 0. The maximum Gasteiger partial charge on any atom is 0.187 e. The minimum absolute atomic E-state index is 0.168. The summed E-state index contributed by atoms with van der Waals surface area (Å²) in [5.41, 5.74) is 0.425. The molecule has 52 heavy (non-hydrogen) atoms. The third-order valence-corrected chi connectivity index (χ3v) is 16.2. The van der Waals surface area contributed by atoms with E-state index in [9.17, 15) is 35.7 Å². The zero-order chi connectivity index (χ0) is 36.9. The number of hydrogen-bond donors (Lipinski definition) is 7. The Morgan fingerprint density at radius 2 is 1.37 bits per heavy atom. The maximum absolute atomic E-state index is 11.1. The molecule has 0 aromatic heterocycles. The number of fused-ring (bicyclic) bond motifs is 7. The molecule has 8 rings (SSSR count). The first-order valence-electron chi connectivity index (χ1n) is 20.3. The van der Waals surface area contributed by atoms with Gasteiger partial charge in [0.2, 0.25) is 0 Å². The lowest BCUT2D eigenvalue weighted by Crippen LogP contribution is -2.65. The van der Waals surface area contributed by atoms with E-state index in [1.165, 1.54) is 25.7 Å². The van der Waals surface area contributed by atoms with Crippen molar-refractivity contribution < 1.29 is 64.2 Å². The van der Waals surface area contributed by atoms with Crippen LogP contribution in [-0.4, -0.2) is 135 Å². The van der Waals surface area contributed by atoms with E-state index in [0.717, 1.165) is 45.1 Å². The van der Waals surface area contributed by atoms with E-state index in [4.69, 9.17) is 28.4 Å². The molecule has 8 fully saturated rings. The smallest absolute Gasteiger partial charge is 0.187 e. The molecule has 7 N–H and O–H groups in total. The Labute approximate surface area is 307 Å². The van der Waals surface area contributed by atoms with Crippen LogP contribution in [-0.2, 0) is 28.4 Å². The average Bonchev–Trinajstić information content (AvgIpc) is 3.58. The van der Waals surface area contributed by atoms with Crippen LogP contribution in [0.3, 0.4) is 0 Å². The van der Waals surface area contributed by atoms with Gasteiger partial charge in [0.05, 0.1) is 32.0 Å². The van der Waals surface area contributed by atoms with Crippen LogP contribution in [0.25, 0.3) is 0 Å². The Bertz CT molecular complexity index is 1260. The molecule has 22 atom stereocenters. The van der Waals surface area contributed by atoms with Crippen molar-refractivity contribution in [3.05, 3.63) is 0 Å². The molecule has 298 valence electrons. The molecule has 4 saturated carbocycles. The number of hydrogen-bond acceptors (Lipinski definition) is 13. The minimum Gasteiger partial charge on any atom is -0.394 e. The summed E-state index contributed by atoms with van der Waals surface area (Å²) >= 11 is 0. The summed E-state index contributed by atoms with van der Waals surface area (Å²) in [6.07, 6.45) is -3.88. The highest BCUT2D eigenvalue weighted by atomic mass is 16.8. The third kappa shape index (κ3) is 5.98. The largest absolute Gasteiger partial charge is 0.394 e. The van der Waals surface area contributed by atoms with Gasteiger partial charge in [-0.05, 0) is 104 Å². The standard InChI is InChI=1S/C39H64O13/c1-18-7-12-39(47-17-18)19(2)28-25(52-39)14-24-22-6-5-20-13-21(8-10-37(20,3)23(22)9-11-38(24,28)4)48-36-34(32(45)30(43)27(16-41)50-36)51-35-33(46)31(44)29(42)26(15-40)49-35/h18-36,40-46H,5-17H2,1-4H3/t18-,19-,20+,21-,22+,23-,24-,25-,26+,27+,28-,29?,30-,31?,32-,33?,34+,35-,36+,37-,38-,39+/m0/s1. The summed E-state index contributed by atoms with van der Waals surface area (Å²) in [5, 5.41) is 72.7. The monoisotopic (exact) mass is 740 g/mol. The van der Waals surface area contributed by atoms with Gasteiger partial charge in [-0.15, -0.1) is 0 Å². The second kappa shape index (κ2) is 14.1. The molecule has 0 radical (unpaired) electrons. The molecule has 4 heterocycles. The van der Waals surface area contributed by atoms with E-state index in [1.807, 2.05) is 0 Å². The van der Waals surface area contributed by atoms with Crippen molar-refractivity contribution in [2.24, 2.45) is 52.3 Å². The second-order valence-corrected chi connectivity index (χ2v) is 18.7. The van der Waals surface area contributed by atoms with Gasteiger partial charge in [0.25, 0.3) is 0 Å². The van der Waals surface area contributed by atoms with Gasteiger partial charge >= 0.3 is 0 Å². The molecule has 0 aromatic rings. The highest BCUT2D eigenvalue weighted by molar-refractivity contribution is 5.15. The first kappa shape index (κ1) is 38.4. The van der Waals surface area contributed by atoms with E-state index in [2.05, 4.69) is 27.7 Å². The minimum atomic E-state index is -1.71. The predicted molar refractivity (Wildman–Crippen MR) is 183 cm³/mol. The second-order valence-electron chi connectivity index (χ2n) is 18.7. The lowest BCUT2D eigenvalue weighted by Gasteiger charge is -2.61. The van der Waals surface area contributed by atoms with Crippen LogP contribution in [0.4, 0.5) is 0 Å². The summed E-state index contributed by atoms with van der Waals surface area (Å²) in [7, 11) is 0. The molecule has 13 heteroatoms. The van der Waals surface area contributed by atoms with Crippen molar-refractivity contribution in [2.45, 2.75) is 171 Å². The Balaban J connectivity index is 0.942. The van der Waals surface area contributed by atoms with E-state index in [1.54, 1.807) is 0 Å². The van der Waals surface area contributed by atoms with E-state index < -0.39 is 80.4 Å². The van der Waals surface area contributed by atoms with Crippen molar-refractivity contribution in [3.8, 4) is 0 Å². The van der Waals surface area contributed by atoms with Gasteiger partial charge < -0.3 is 64.2 Å². The fourth-order valence-corrected chi connectivity index (χ4v) is 13.2. The van der Waals surface area contributed by atoms with E-state index >= 15 is 0 Å². The lowest BCUT2D eigenvalue weighted by molar-refractivity contribution is -0.373. The molecule has 1 spiro atoms. The van der Waals surface area contributed by atoms with Crippen molar-refractivity contribution in [3.63, 3.8) is 0 Å². The highest BCUT2D eigenvalue weighted by Gasteiger charge is 2.69. The van der Waals surface area contributed by atoms with Gasteiger partial charge in [-0.3, -0.25) is 0 Å². The topological polar surface area (TPSA) is 197 Å². The lowest BCUT2D eigenvalue weighted by atomic mass is 9.44. The van der Waals surface area contributed by atoms with Crippen LogP contribution in [0, 0.1) is 52.3 Å². The molecule has 0 amide bonds. The van der Waals surface area contributed by atoms with Crippen molar-refractivity contribution in [1.82, 2.24) is 0 Å². The zero-order valence-corrected chi connectivity index (χ0v) is 31.2. The van der Waals surface area contributed by atoms with Crippen LogP contribution < -0.4 is 0 Å². The van der Waals surface area contributed by atoms with Gasteiger partial charge in [0, 0.05) is 12.3 Å². The van der Waals surface area contributed by atoms with Gasteiger partial charge in [-0.2, -0.15) is 0 Å². The van der Waals surface area contributed by atoms with Crippen LogP contribution in [0.1, 0.15) is 91.9 Å². The highest BCUT2D eigenvalue weighted by Crippen LogP contribution is 2.71. The van der Waals surface area contributed by atoms with E-state index in [0.29, 0.717) is 41.4 Å². The van der Waals surface area contributed by atoms with Gasteiger partial charge in [0.1, 0.15) is 48.8 Å². The summed E-state index contributed by atoms with van der Waals surface area (Å²) in [4.78, 5) is 0. The van der Waals surface area contributed by atoms with Crippen molar-refractivity contribution in [2.75, 3.05) is 19.8 Å². The number of rotatable bonds is 6. The molecule has 4 saturated heterocycles. The molecule has 13 nitrogen and oxygen atoms in total. The predicted octanol–water partition coefficient (Wildman–Crippen LogP) is 1.44. The number of ether oxygens (including phenoxy) is 6. The molecule has 4 aliphatic carbocycles. The quantitative estimate of drug-likeness (QED) is 0.194. The summed E-state index contributed by atoms with van der Waals surface area (Å²) in [5.74, 6) is 3.51. The molecule has 0 aromatic carbocycles.